The zero-order chi connectivity index (χ0) is 15.5. The van der Waals surface area contributed by atoms with Crippen LogP contribution >= 0.6 is 0 Å². The van der Waals surface area contributed by atoms with Crippen LogP contribution in [0.25, 0.3) is 0 Å². The van der Waals surface area contributed by atoms with Crippen LogP contribution in [-0.2, 0) is 10.0 Å². The molecule has 1 unspecified atom stereocenters. The number of benzene rings is 1. The third kappa shape index (κ3) is 3.39. The van der Waals surface area contributed by atoms with Gasteiger partial charge in [0.25, 0.3) is 0 Å². The fourth-order valence-corrected chi connectivity index (χ4v) is 3.97. The Hall–Kier alpha value is -1.11. The molecule has 1 aliphatic rings. The molecule has 0 radical (unpaired) electrons. The van der Waals surface area contributed by atoms with Crippen LogP contribution in [0.5, 0.6) is 0 Å². The van der Waals surface area contributed by atoms with Crippen molar-refractivity contribution in [3.63, 3.8) is 0 Å². The van der Waals surface area contributed by atoms with E-state index in [0.29, 0.717) is 11.3 Å². The van der Waals surface area contributed by atoms with Crippen LogP contribution in [0.15, 0.2) is 29.2 Å². The van der Waals surface area contributed by atoms with Gasteiger partial charge < -0.3 is 10.0 Å². The van der Waals surface area contributed by atoms with E-state index < -0.39 is 10.0 Å². The number of hydrogen-bond acceptors (Lipinski definition) is 4. The number of aliphatic hydroxyl groups excluding tert-OH is 1. The zero-order valence-corrected chi connectivity index (χ0v) is 13.5. The van der Waals surface area contributed by atoms with Crippen LogP contribution in [0.3, 0.4) is 0 Å². The molecule has 118 valence electrons. The fourth-order valence-electron chi connectivity index (χ4n) is 2.88. The van der Waals surface area contributed by atoms with Crippen molar-refractivity contribution in [3.8, 4) is 0 Å². The van der Waals surface area contributed by atoms with Crippen LogP contribution in [0.2, 0.25) is 0 Å². The molecule has 1 aromatic carbocycles. The van der Waals surface area contributed by atoms with Crippen molar-refractivity contribution < 1.29 is 13.5 Å². The predicted octanol–water partition coefficient (Wildman–Crippen LogP) is 1.68. The summed E-state index contributed by atoms with van der Waals surface area (Å²) in [6.45, 7) is 0.967. The number of rotatable bonds is 5. The highest BCUT2D eigenvalue weighted by molar-refractivity contribution is 7.89. The Bertz CT molecular complexity index is 570. The van der Waals surface area contributed by atoms with E-state index in [1.54, 1.807) is 26.2 Å². The number of piperidine rings is 1. The topological polar surface area (TPSA) is 60.9 Å². The van der Waals surface area contributed by atoms with E-state index in [1.165, 1.54) is 4.31 Å². The van der Waals surface area contributed by atoms with Crippen molar-refractivity contribution in [2.75, 3.05) is 32.1 Å². The van der Waals surface area contributed by atoms with Crippen LogP contribution in [-0.4, -0.2) is 51.1 Å². The zero-order valence-electron chi connectivity index (χ0n) is 12.7. The molecule has 0 aromatic heterocycles. The van der Waals surface area contributed by atoms with Crippen LogP contribution < -0.4 is 4.90 Å². The number of hydrogen-bond donors (Lipinski definition) is 1. The molecule has 1 saturated heterocycles. The molecule has 21 heavy (non-hydrogen) atoms. The van der Waals surface area contributed by atoms with Gasteiger partial charge in [-0.05, 0) is 37.8 Å². The maximum Gasteiger partial charge on any atom is 0.244 e. The average molecular weight is 312 g/mol. The molecule has 0 amide bonds. The molecule has 0 aliphatic carbocycles. The van der Waals surface area contributed by atoms with Gasteiger partial charge in [-0.15, -0.1) is 0 Å². The van der Waals surface area contributed by atoms with Gasteiger partial charge in [0.05, 0.1) is 5.69 Å². The lowest BCUT2D eigenvalue weighted by atomic mass is 9.99. The van der Waals surface area contributed by atoms with Gasteiger partial charge in [0.2, 0.25) is 10.0 Å². The Balaban J connectivity index is 2.44. The highest BCUT2D eigenvalue weighted by Gasteiger charge is 2.28. The third-order valence-electron chi connectivity index (χ3n) is 4.02. The summed E-state index contributed by atoms with van der Waals surface area (Å²) in [5.74, 6) is 0. The molecule has 0 spiro atoms. The van der Waals surface area contributed by atoms with Crippen molar-refractivity contribution in [3.05, 3.63) is 24.3 Å². The summed E-state index contributed by atoms with van der Waals surface area (Å²) in [6.07, 6.45) is 3.86. The van der Waals surface area contributed by atoms with E-state index in [0.717, 1.165) is 31.5 Å². The lowest BCUT2D eigenvalue weighted by Crippen LogP contribution is -2.41. The normalized spacial score (nSPS) is 20.0. The summed E-state index contributed by atoms with van der Waals surface area (Å²) in [7, 11) is -0.368. The number of sulfonamides is 1. The molecule has 1 heterocycles. The Morgan fingerprint density at radius 3 is 2.67 bits per heavy atom. The summed E-state index contributed by atoms with van der Waals surface area (Å²) < 4.78 is 26.3. The minimum absolute atomic E-state index is 0.129. The average Bonchev–Trinajstić information content (AvgIpc) is 2.48. The van der Waals surface area contributed by atoms with Crippen molar-refractivity contribution in [2.24, 2.45) is 0 Å². The second-order valence-corrected chi connectivity index (χ2v) is 7.73. The van der Waals surface area contributed by atoms with Crippen LogP contribution in [0.4, 0.5) is 5.69 Å². The third-order valence-corrected chi connectivity index (χ3v) is 5.89. The molecule has 1 N–H and O–H groups in total. The first-order chi connectivity index (χ1) is 9.98. The molecule has 0 bridgehead atoms. The number of para-hydroxylation sites is 1. The summed E-state index contributed by atoms with van der Waals surface area (Å²) in [6, 6.07) is 7.36. The monoisotopic (exact) mass is 312 g/mol. The molecule has 1 aromatic rings. The summed E-state index contributed by atoms with van der Waals surface area (Å²) in [5, 5.41) is 9.25. The predicted molar refractivity (Wildman–Crippen MR) is 84.0 cm³/mol. The molecule has 0 saturated carbocycles. The molecule has 2 rings (SSSR count). The highest BCUT2D eigenvalue weighted by Crippen LogP contribution is 2.32. The Morgan fingerprint density at radius 1 is 1.29 bits per heavy atom. The van der Waals surface area contributed by atoms with Crippen molar-refractivity contribution in [1.29, 1.82) is 0 Å². The smallest absolute Gasteiger partial charge is 0.244 e. The molecular formula is C15H24N2O3S. The Labute approximate surface area is 127 Å². The van der Waals surface area contributed by atoms with Crippen molar-refractivity contribution in [2.45, 2.75) is 36.6 Å². The first-order valence-corrected chi connectivity index (χ1v) is 8.81. The second kappa shape index (κ2) is 6.77. The van der Waals surface area contributed by atoms with Crippen molar-refractivity contribution in [1.82, 2.24) is 4.31 Å². The van der Waals surface area contributed by atoms with Crippen LogP contribution in [0.1, 0.15) is 25.7 Å². The van der Waals surface area contributed by atoms with Gasteiger partial charge in [-0.2, -0.15) is 0 Å². The van der Waals surface area contributed by atoms with Gasteiger partial charge in [-0.25, -0.2) is 12.7 Å². The van der Waals surface area contributed by atoms with Gasteiger partial charge in [0.15, 0.2) is 0 Å². The molecule has 6 heteroatoms. The summed E-state index contributed by atoms with van der Waals surface area (Å²) >= 11 is 0. The minimum atomic E-state index is -3.47. The summed E-state index contributed by atoms with van der Waals surface area (Å²) in [4.78, 5) is 2.50. The quantitative estimate of drug-likeness (QED) is 0.898. The standard InChI is InChI=1S/C15H24N2O3S/c1-16(2)21(19,20)15-9-4-3-8-14(15)17-11-6-5-7-13(17)10-12-18/h3-4,8-9,13,18H,5-7,10-12H2,1-2H3. The van der Waals surface area contributed by atoms with Gasteiger partial charge in [0.1, 0.15) is 4.90 Å². The van der Waals surface area contributed by atoms with E-state index >= 15 is 0 Å². The molecular weight excluding hydrogens is 288 g/mol. The van der Waals surface area contributed by atoms with E-state index in [9.17, 15) is 13.5 Å². The molecule has 1 aliphatic heterocycles. The van der Waals surface area contributed by atoms with Crippen LogP contribution in [0, 0.1) is 0 Å². The minimum Gasteiger partial charge on any atom is -0.396 e. The van der Waals surface area contributed by atoms with E-state index in [1.807, 2.05) is 12.1 Å². The number of aliphatic hydroxyl groups is 1. The van der Waals surface area contributed by atoms with E-state index in [4.69, 9.17) is 0 Å². The lowest BCUT2D eigenvalue weighted by Gasteiger charge is -2.38. The maximum absolute atomic E-state index is 12.5. The Morgan fingerprint density at radius 2 is 2.00 bits per heavy atom. The SMILES string of the molecule is CN(C)S(=O)(=O)c1ccccc1N1CCCCC1CCO. The van der Waals surface area contributed by atoms with Gasteiger partial charge in [0, 0.05) is 33.3 Å². The number of nitrogens with zero attached hydrogens (tertiary/aromatic N) is 2. The first-order valence-electron chi connectivity index (χ1n) is 7.37. The maximum atomic E-state index is 12.5. The van der Waals surface area contributed by atoms with Gasteiger partial charge >= 0.3 is 0 Å². The van der Waals surface area contributed by atoms with Gasteiger partial charge in [-0.1, -0.05) is 12.1 Å². The molecule has 1 atom stereocenters. The fraction of sp³-hybridized carbons (Fsp3) is 0.600. The highest BCUT2D eigenvalue weighted by atomic mass is 32.2. The van der Waals surface area contributed by atoms with E-state index in [2.05, 4.69) is 4.90 Å². The first kappa shape index (κ1) is 16.3. The molecule has 1 fully saturated rings. The van der Waals surface area contributed by atoms with E-state index in [-0.39, 0.29) is 12.6 Å². The van der Waals surface area contributed by atoms with Gasteiger partial charge in [-0.3, -0.25) is 0 Å². The molecule has 5 nitrogen and oxygen atoms in total. The Kier molecular flexibility index (Phi) is 5.24. The number of anilines is 1. The second-order valence-electron chi connectivity index (χ2n) is 5.61. The van der Waals surface area contributed by atoms with Crippen molar-refractivity contribution >= 4 is 15.7 Å². The lowest BCUT2D eigenvalue weighted by molar-refractivity contribution is 0.262. The summed E-state index contributed by atoms with van der Waals surface area (Å²) in [5.41, 5.74) is 0.754. The largest absolute Gasteiger partial charge is 0.396 e.